The number of ether oxygens (including phenoxy) is 2. The van der Waals surface area contributed by atoms with Gasteiger partial charge in [0.25, 0.3) is 0 Å². The van der Waals surface area contributed by atoms with Crippen LogP contribution in [0.15, 0.2) is 12.1 Å². The monoisotopic (exact) mass is 336 g/mol. The molecule has 0 aromatic heterocycles. The molecule has 134 valence electrons. The SMILES string of the molecule is COc1cc(OC)c(CN(C)C[C@]2(C)CCN(C)C2)c(C(=O)O)c1. The molecule has 1 atom stereocenters. The number of benzene rings is 1. The fraction of sp³-hybridized carbons (Fsp3) is 0.611. The Bertz CT molecular complexity index is 605. The van der Waals surface area contributed by atoms with Crippen molar-refractivity contribution >= 4 is 5.97 Å². The van der Waals surface area contributed by atoms with Crippen LogP contribution in [0.1, 0.15) is 29.3 Å². The smallest absolute Gasteiger partial charge is 0.336 e. The maximum atomic E-state index is 11.7. The van der Waals surface area contributed by atoms with Crippen molar-refractivity contribution in [3.63, 3.8) is 0 Å². The Labute approximate surface area is 144 Å². The first kappa shape index (κ1) is 18.5. The van der Waals surface area contributed by atoms with E-state index in [2.05, 4.69) is 23.8 Å². The Kier molecular flexibility index (Phi) is 5.72. The number of carbonyl (C=O) groups is 1. The second kappa shape index (κ2) is 7.40. The van der Waals surface area contributed by atoms with E-state index in [4.69, 9.17) is 9.47 Å². The van der Waals surface area contributed by atoms with Crippen molar-refractivity contribution in [2.24, 2.45) is 5.41 Å². The third-order valence-corrected chi connectivity index (χ3v) is 4.70. The van der Waals surface area contributed by atoms with Crippen LogP contribution in [0.25, 0.3) is 0 Å². The zero-order valence-corrected chi connectivity index (χ0v) is 15.3. The van der Waals surface area contributed by atoms with Gasteiger partial charge < -0.3 is 24.4 Å². The summed E-state index contributed by atoms with van der Waals surface area (Å²) in [4.78, 5) is 16.2. The summed E-state index contributed by atoms with van der Waals surface area (Å²) in [7, 11) is 7.24. The molecule has 0 bridgehead atoms. The third-order valence-electron chi connectivity index (χ3n) is 4.70. The van der Waals surface area contributed by atoms with Gasteiger partial charge in [-0.15, -0.1) is 0 Å². The first-order valence-corrected chi connectivity index (χ1v) is 8.13. The highest BCUT2D eigenvalue weighted by Gasteiger charge is 2.33. The van der Waals surface area contributed by atoms with Crippen LogP contribution in [0.5, 0.6) is 11.5 Å². The van der Waals surface area contributed by atoms with Gasteiger partial charge in [-0.2, -0.15) is 0 Å². The minimum atomic E-state index is -0.970. The van der Waals surface area contributed by atoms with Crippen molar-refractivity contribution in [2.45, 2.75) is 19.9 Å². The predicted molar refractivity (Wildman–Crippen MR) is 93.1 cm³/mol. The molecular weight excluding hydrogens is 308 g/mol. The molecule has 24 heavy (non-hydrogen) atoms. The standard InChI is InChI=1S/C18H28N2O4/c1-18(6-7-19(2)11-18)12-20(3)10-15-14(17(21)22)8-13(23-4)9-16(15)24-5/h8-9H,6-7,10-12H2,1-5H3,(H,21,22)/t18-/m1/s1. The molecule has 1 aromatic rings. The van der Waals surface area contributed by atoms with Gasteiger partial charge >= 0.3 is 5.97 Å². The normalized spacial score (nSPS) is 21.2. The predicted octanol–water partition coefficient (Wildman–Crippen LogP) is 2.18. The van der Waals surface area contributed by atoms with E-state index in [1.165, 1.54) is 7.11 Å². The molecule has 1 aliphatic rings. The van der Waals surface area contributed by atoms with Crippen molar-refractivity contribution in [1.29, 1.82) is 0 Å². The van der Waals surface area contributed by atoms with Crippen molar-refractivity contribution in [3.8, 4) is 11.5 Å². The first-order valence-electron chi connectivity index (χ1n) is 8.13. The summed E-state index contributed by atoms with van der Waals surface area (Å²) in [5, 5.41) is 9.55. The summed E-state index contributed by atoms with van der Waals surface area (Å²) in [6, 6.07) is 3.29. The van der Waals surface area contributed by atoms with Crippen LogP contribution in [-0.4, -0.2) is 68.8 Å². The Morgan fingerprint density at radius 2 is 2.08 bits per heavy atom. The molecule has 1 fully saturated rings. The zero-order chi connectivity index (χ0) is 17.9. The Balaban J connectivity index is 2.22. The maximum Gasteiger partial charge on any atom is 0.336 e. The fourth-order valence-corrected chi connectivity index (χ4v) is 3.65. The van der Waals surface area contributed by atoms with Crippen LogP contribution in [0.2, 0.25) is 0 Å². The van der Waals surface area contributed by atoms with E-state index >= 15 is 0 Å². The Morgan fingerprint density at radius 1 is 1.38 bits per heavy atom. The number of nitrogens with zero attached hydrogens (tertiary/aromatic N) is 2. The van der Waals surface area contributed by atoms with Gasteiger partial charge in [0.2, 0.25) is 0 Å². The highest BCUT2D eigenvalue weighted by atomic mass is 16.5. The second-order valence-electron chi connectivity index (χ2n) is 7.13. The van der Waals surface area contributed by atoms with Crippen LogP contribution < -0.4 is 9.47 Å². The van der Waals surface area contributed by atoms with E-state index < -0.39 is 5.97 Å². The minimum absolute atomic E-state index is 0.228. The summed E-state index contributed by atoms with van der Waals surface area (Å²) in [5.41, 5.74) is 1.14. The number of hydrogen-bond donors (Lipinski definition) is 1. The summed E-state index contributed by atoms with van der Waals surface area (Å²) < 4.78 is 10.6. The lowest BCUT2D eigenvalue weighted by atomic mass is 9.89. The minimum Gasteiger partial charge on any atom is -0.497 e. The maximum absolute atomic E-state index is 11.7. The molecule has 2 rings (SSSR count). The Hall–Kier alpha value is -1.79. The van der Waals surface area contributed by atoms with Gasteiger partial charge in [0.05, 0.1) is 19.8 Å². The lowest BCUT2D eigenvalue weighted by Crippen LogP contribution is -2.35. The number of carboxylic acids is 1. The van der Waals surface area contributed by atoms with Crippen molar-refractivity contribution in [2.75, 3.05) is 47.9 Å². The highest BCUT2D eigenvalue weighted by molar-refractivity contribution is 5.91. The number of aromatic carboxylic acids is 1. The topological polar surface area (TPSA) is 62.2 Å². The number of carboxylic acid groups (broad SMARTS) is 1. The van der Waals surface area contributed by atoms with Gasteiger partial charge in [0.1, 0.15) is 11.5 Å². The van der Waals surface area contributed by atoms with Crippen LogP contribution in [0.3, 0.4) is 0 Å². The molecule has 1 heterocycles. The summed E-state index contributed by atoms with van der Waals surface area (Å²) in [5.74, 6) is 0.0646. The number of rotatable bonds is 7. The molecule has 1 saturated heterocycles. The van der Waals surface area contributed by atoms with E-state index in [1.807, 2.05) is 7.05 Å². The molecule has 0 saturated carbocycles. The summed E-state index contributed by atoms with van der Waals surface area (Å²) in [6.45, 7) is 5.88. The highest BCUT2D eigenvalue weighted by Crippen LogP contribution is 2.33. The van der Waals surface area contributed by atoms with Crippen molar-refractivity contribution in [1.82, 2.24) is 9.80 Å². The molecule has 0 radical (unpaired) electrons. The molecule has 6 nitrogen and oxygen atoms in total. The largest absolute Gasteiger partial charge is 0.497 e. The van der Waals surface area contributed by atoms with Crippen LogP contribution >= 0.6 is 0 Å². The van der Waals surface area contributed by atoms with E-state index in [-0.39, 0.29) is 11.0 Å². The third kappa shape index (κ3) is 4.19. The van der Waals surface area contributed by atoms with E-state index in [1.54, 1.807) is 19.2 Å². The molecule has 1 aliphatic heterocycles. The molecule has 1 aromatic carbocycles. The Morgan fingerprint density at radius 3 is 2.58 bits per heavy atom. The number of hydrogen-bond acceptors (Lipinski definition) is 5. The zero-order valence-electron chi connectivity index (χ0n) is 15.3. The van der Waals surface area contributed by atoms with Gasteiger partial charge in [-0.1, -0.05) is 6.92 Å². The molecule has 0 spiro atoms. The lowest BCUT2D eigenvalue weighted by Gasteiger charge is -2.30. The van der Waals surface area contributed by atoms with E-state index in [9.17, 15) is 9.90 Å². The summed E-state index contributed by atoms with van der Waals surface area (Å²) >= 11 is 0. The van der Waals surface area contributed by atoms with Crippen molar-refractivity contribution in [3.05, 3.63) is 23.3 Å². The average Bonchev–Trinajstić information content (AvgIpc) is 2.85. The van der Waals surface area contributed by atoms with Crippen molar-refractivity contribution < 1.29 is 19.4 Å². The number of methoxy groups -OCH3 is 2. The molecule has 0 amide bonds. The summed E-state index contributed by atoms with van der Waals surface area (Å²) in [6.07, 6.45) is 1.15. The number of likely N-dealkylation sites (tertiary alicyclic amines) is 1. The molecule has 0 unspecified atom stereocenters. The first-order chi connectivity index (χ1) is 11.3. The van der Waals surface area contributed by atoms with E-state index in [0.717, 1.165) is 26.1 Å². The molecule has 1 N–H and O–H groups in total. The van der Waals surface area contributed by atoms with Crippen LogP contribution in [0.4, 0.5) is 0 Å². The second-order valence-corrected chi connectivity index (χ2v) is 7.13. The molecule has 6 heteroatoms. The van der Waals surface area contributed by atoms with Gasteiger partial charge in [-0.25, -0.2) is 4.79 Å². The van der Waals surface area contributed by atoms with E-state index in [0.29, 0.717) is 23.6 Å². The molecule has 0 aliphatic carbocycles. The quantitative estimate of drug-likeness (QED) is 0.823. The van der Waals surface area contributed by atoms with Crippen LogP contribution in [-0.2, 0) is 6.54 Å². The van der Waals surface area contributed by atoms with Crippen LogP contribution in [0, 0.1) is 5.41 Å². The van der Waals surface area contributed by atoms with Gasteiger partial charge in [0.15, 0.2) is 0 Å². The average molecular weight is 336 g/mol. The lowest BCUT2D eigenvalue weighted by molar-refractivity contribution is 0.0693. The van der Waals surface area contributed by atoms with Gasteiger partial charge in [-0.05, 0) is 38.5 Å². The van der Waals surface area contributed by atoms with Gasteiger partial charge in [0, 0.05) is 31.3 Å². The van der Waals surface area contributed by atoms with Gasteiger partial charge in [-0.3, -0.25) is 0 Å². The fourth-order valence-electron chi connectivity index (χ4n) is 3.65. The molecular formula is C18H28N2O4.